The van der Waals surface area contributed by atoms with Gasteiger partial charge in [0, 0.05) is 55.6 Å². The second kappa shape index (κ2) is 17.0. The summed E-state index contributed by atoms with van der Waals surface area (Å²) in [6.07, 6.45) is -15.0. The van der Waals surface area contributed by atoms with Gasteiger partial charge in [-0.1, -0.05) is 0 Å². The van der Waals surface area contributed by atoms with Gasteiger partial charge in [-0.2, -0.15) is 0 Å². The molecular formula is C27H38O18. The van der Waals surface area contributed by atoms with Crippen molar-refractivity contribution in [3.8, 4) is 0 Å². The summed E-state index contributed by atoms with van der Waals surface area (Å²) in [5, 5.41) is 0. The normalized spacial score (nSPS) is 31.0. The molecule has 2 fully saturated rings. The fourth-order valence-corrected chi connectivity index (χ4v) is 4.66. The lowest BCUT2D eigenvalue weighted by Crippen LogP contribution is -2.67. The molecule has 2 heterocycles. The molecule has 0 N–H and O–H groups in total. The van der Waals surface area contributed by atoms with Crippen molar-refractivity contribution in [1.82, 2.24) is 0 Å². The van der Waals surface area contributed by atoms with Gasteiger partial charge in [0.1, 0.15) is 31.5 Å². The van der Waals surface area contributed by atoms with E-state index in [2.05, 4.69) is 0 Å². The molecule has 2 rings (SSSR count). The van der Waals surface area contributed by atoms with E-state index < -0.39 is 116 Å². The number of carbonyl (C=O) groups is 7. The fourth-order valence-electron chi connectivity index (χ4n) is 4.66. The van der Waals surface area contributed by atoms with Crippen molar-refractivity contribution >= 4 is 41.8 Å². The lowest BCUT2D eigenvalue weighted by atomic mass is 9.96. The molecule has 0 unspecified atom stereocenters. The molecule has 0 saturated carbocycles. The molecule has 2 aliphatic heterocycles. The maximum atomic E-state index is 12.2. The van der Waals surface area contributed by atoms with Gasteiger partial charge < -0.3 is 52.1 Å². The average molecular weight is 651 g/mol. The summed E-state index contributed by atoms with van der Waals surface area (Å²) in [6.45, 7) is 6.44. The number of hydrogen-bond acceptors (Lipinski definition) is 18. The number of rotatable bonds is 12. The van der Waals surface area contributed by atoms with Gasteiger partial charge in [0.25, 0.3) is 0 Å². The van der Waals surface area contributed by atoms with Crippen LogP contribution in [-0.2, 0) is 85.7 Å². The summed E-state index contributed by atoms with van der Waals surface area (Å²) >= 11 is 0. The molecule has 45 heavy (non-hydrogen) atoms. The number of ether oxygens (including phenoxy) is 11. The monoisotopic (exact) mass is 650 g/mol. The fraction of sp³-hybridized carbons (Fsp3) is 0.741. The third kappa shape index (κ3) is 11.2. The minimum absolute atomic E-state index is 0.504. The minimum Gasteiger partial charge on any atom is -0.463 e. The van der Waals surface area contributed by atoms with E-state index >= 15 is 0 Å². The molecular weight excluding hydrogens is 612 g/mol. The van der Waals surface area contributed by atoms with Crippen LogP contribution in [0.5, 0.6) is 0 Å². The van der Waals surface area contributed by atoms with Crippen LogP contribution < -0.4 is 0 Å². The molecule has 0 aromatic rings. The van der Waals surface area contributed by atoms with Crippen LogP contribution in [0.15, 0.2) is 0 Å². The van der Waals surface area contributed by atoms with Gasteiger partial charge in [0.05, 0.1) is 0 Å². The third-order valence-corrected chi connectivity index (χ3v) is 6.12. The molecule has 18 heteroatoms. The molecule has 0 aromatic heterocycles. The Hall–Kier alpha value is -3.87. The first kappa shape index (κ1) is 37.3. The zero-order valence-corrected chi connectivity index (χ0v) is 26.0. The summed E-state index contributed by atoms with van der Waals surface area (Å²) in [6, 6.07) is 0. The lowest BCUT2D eigenvalue weighted by molar-refractivity contribution is -0.359. The molecule has 0 spiro atoms. The quantitative estimate of drug-likeness (QED) is 0.187. The first-order chi connectivity index (χ1) is 21.0. The first-order valence-corrected chi connectivity index (χ1v) is 13.7. The summed E-state index contributed by atoms with van der Waals surface area (Å²) in [5.74, 6) is -5.76. The predicted octanol–water partition coefficient (Wildman–Crippen LogP) is -0.747. The number of hydrogen-bond donors (Lipinski definition) is 0. The van der Waals surface area contributed by atoms with E-state index in [4.69, 9.17) is 52.1 Å². The van der Waals surface area contributed by atoms with Gasteiger partial charge in [0.15, 0.2) is 43.1 Å². The van der Waals surface area contributed by atoms with Crippen molar-refractivity contribution in [2.75, 3.05) is 20.3 Å². The summed E-state index contributed by atoms with van der Waals surface area (Å²) in [7, 11) is 1.22. The van der Waals surface area contributed by atoms with Crippen LogP contribution in [0.3, 0.4) is 0 Å². The van der Waals surface area contributed by atoms with E-state index in [1.807, 2.05) is 0 Å². The van der Waals surface area contributed by atoms with Crippen LogP contribution in [0.2, 0.25) is 0 Å². The molecule has 2 aliphatic rings. The van der Waals surface area contributed by atoms with Crippen molar-refractivity contribution in [3.63, 3.8) is 0 Å². The van der Waals surface area contributed by atoms with E-state index in [0.29, 0.717) is 0 Å². The molecule has 18 nitrogen and oxygen atoms in total. The van der Waals surface area contributed by atoms with Crippen LogP contribution in [0.4, 0.5) is 0 Å². The second-order valence-corrected chi connectivity index (χ2v) is 9.90. The summed E-state index contributed by atoms with van der Waals surface area (Å²) in [5.41, 5.74) is 0. The Morgan fingerprint density at radius 3 is 1.18 bits per heavy atom. The van der Waals surface area contributed by atoms with Crippen LogP contribution in [-0.4, -0.2) is 124 Å². The molecule has 10 atom stereocenters. The SMILES string of the molecule is CO[C@@H]1O[C@H](COC(C)=O)[C@H](O[C@@H]2O[C@H](COC(C)=O)[C@H](OC(C)=O)[C@H](OC(C)=O)[C@H]2OC(C)=O)[C@H](OC(C)=O)[C@H]1OC(C)=O. The Kier molecular flexibility index (Phi) is 14.1. The van der Waals surface area contributed by atoms with Crippen LogP contribution in [0, 0.1) is 0 Å². The van der Waals surface area contributed by atoms with E-state index in [1.165, 1.54) is 7.11 Å². The van der Waals surface area contributed by atoms with E-state index in [-0.39, 0.29) is 0 Å². The van der Waals surface area contributed by atoms with Crippen LogP contribution in [0.25, 0.3) is 0 Å². The maximum absolute atomic E-state index is 12.2. The topological polar surface area (TPSA) is 221 Å². The third-order valence-electron chi connectivity index (χ3n) is 6.12. The van der Waals surface area contributed by atoms with Gasteiger partial charge in [-0.15, -0.1) is 0 Å². The largest absolute Gasteiger partial charge is 0.463 e. The molecule has 0 bridgehead atoms. The number of methoxy groups -OCH3 is 1. The Balaban J connectivity index is 2.69. The van der Waals surface area contributed by atoms with E-state index in [9.17, 15) is 33.6 Å². The van der Waals surface area contributed by atoms with Crippen LogP contribution in [0.1, 0.15) is 48.5 Å². The maximum Gasteiger partial charge on any atom is 0.303 e. The Morgan fingerprint density at radius 2 is 0.778 bits per heavy atom. The highest BCUT2D eigenvalue weighted by Gasteiger charge is 2.57. The van der Waals surface area contributed by atoms with Gasteiger partial charge in [-0.05, 0) is 0 Å². The summed E-state index contributed by atoms with van der Waals surface area (Å²) < 4.78 is 60.6. The standard InChI is InChI=1S/C27H38O18/c1-11(28)36-9-18-20(38-13(3)30)22(39-14(4)31)25(42-17(7)34)27(44-18)45-21-19(10-37-12(2)29)43-26(35-8)24(41-16(6)33)23(21)40-15(5)32/h18-27H,9-10H2,1-8H3/t18-,19-,20+,21+,22+,23+,24-,25-,26-,27+/m1/s1. The van der Waals surface area contributed by atoms with Gasteiger partial charge >= 0.3 is 41.8 Å². The van der Waals surface area contributed by atoms with Gasteiger partial charge in [-0.25, -0.2) is 0 Å². The molecule has 0 aromatic carbocycles. The van der Waals surface area contributed by atoms with Crippen molar-refractivity contribution in [2.45, 2.75) is 110 Å². The zero-order valence-electron chi connectivity index (χ0n) is 26.0. The highest BCUT2D eigenvalue weighted by Crippen LogP contribution is 2.35. The molecule has 2 saturated heterocycles. The number of esters is 7. The lowest BCUT2D eigenvalue weighted by Gasteiger charge is -2.48. The Morgan fingerprint density at radius 1 is 0.444 bits per heavy atom. The van der Waals surface area contributed by atoms with Crippen molar-refractivity contribution < 1.29 is 85.7 Å². The summed E-state index contributed by atoms with van der Waals surface area (Å²) in [4.78, 5) is 84.0. The highest BCUT2D eigenvalue weighted by atomic mass is 16.8. The molecule has 0 amide bonds. The van der Waals surface area contributed by atoms with Gasteiger partial charge in [-0.3, -0.25) is 33.6 Å². The average Bonchev–Trinajstić information content (AvgIpc) is 2.90. The van der Waals surface area contributed by atoms with Gasteiger partial charge in [0.2, 0.25) is 0 Å². The van der Waals surface area contributed by atoms with Crippen molar-refractivity contribution in [2.24, 2.45) is 0 Å². The number of carbonyl (C=O) groups excluding carboxylic acids is 7. The highest BCUT2D eigenvalue weighted by molar-refractivity contribution is 5.69. The Labute approximate surface area is 258 Å². The van der Waals surface area contributed by atoms with Crippen molar-refractivity contribution in [1.29, 1.82) is 0 Å². The molecule has 0 aliphatic carbocycles. The molecule has 0 radical (unpaired) electrons. The second-order valence-electron chi connectivity index (χ2n) is 9.90. The van der Waals surface area contributed by atoms with Crippen molar-refractivity contribution in [3.05, 3.63) is 0 Å². The molecule has 254 valence electrons. The van der Waals surface area contributed by atoms with E-state index in [0.717, 1.165) is 48.5 Å². The Bertz CT molecular complexity index is 1110. The predicted molar refractivity (Wildman–Crippen MR) is 140 cm³/mol. The zero-order chi connectivity index (χ0) is 34.0. The minimum atomic E-state index is -1.76. The first-order valence-electron chi connectivity index (χ1n) is 13.7. The van der Waals surface area contributed by atoms with Crippen LogP contribution >= 0.6 is 0 Å². The van der Waals surface area contributed by atoms with E-state index in [1.54, 1.807) is 0 Å². The smallest absolute Gasteiger partial charge is 0.303 e.